The fourth-order valence-corrected chi connectivity index (χ4v) is 1.37. The van der Waals surface area contributed by atoms with E-state index in [-0.39, 0.29) is 5.92 Å². The topological polar surface area (TPSA) is 20.3 Å². The number of carbonyl (C=O) groups excluding carboxylic acids is 1. The molecule has 0 N–H and O–H groups in total. The molecule has 2 nitrogen and oxygen atoms in total. The molecule has 0 aromatic carbocycles. The third-order valence-electron chi connectivity index (χ3n) is 2.68. The molecule has 0 heterocycles. The monoisotopic (exact) mass is 183 g/mol. The highest BCUT2D eigenvalue weighted by Gasteiger charge is 2.24. The van der Waals surface area contributed by atoms with Gasteiger partial charge < -0.3 is 0 Å². The van der Waals surface area contributed by atoms with E-state index in [0.29, 0.717) is 12.3 Å². The molecule has 1 saturated carbocycles. The average Bonchev–Trinajstić information content (AvgIpc) is 2.86. The van der Waals surface area contributed by atoms with Crippen molar-refractivity contribution in [1.82, 2.24) is 4.90 Å². The SMILES string of the molecule is CCN(CC(=O)C(C)C)CC1CC1. The van der Waals surface area contributed by atoms with Gasteiger partial charge in [-0.05, 0) is 25.3 Å². The molecule has 0 radical (unpaired) electrons. The molecule has 0 saturated heterocycles. The number of carbonyl (C=O) groups is 1. The van der Waals surface area contributed by atoms with Crippen molar-refractivity contribution in [2.75, 3.05) is 19.6 Å². The largest absolute Gasteiger partial charge is 0.298 e. The van der Waals surface area contributed by atoms with Gasteiger partial charge in [0.2, 0.25) is 0 Å². The lowest BCUT2D eigenvalue weighted by molar-refractivity contribution is -0.123. The molecule has 13 heavy (non-hydrogen) atoms. The maximum absolute atomic E-state index is 11.5. The predicted molar refractivity (Wildman–Crippen MR) is 54.7 cm³/mol. The van der Waals surface area contributed by atoms with Crippen molar-refractivity contribution in [3.8, 4) is 0 Å². The summed E-state index contributed by atoms with van der Waals surface area (Å²) < 4.78 is 0. The summed E-state index contributed by atoms with van der Waals surface area (Å²) in [6.07, 6.45) is 2.73. The molecule has 0 spiro atoms. The molecule has 76 valence electrons. The Morgan fingerprint density at radius 3 is 2.46 bits per heavy atom. The number of Topliss-reactive ketones (excluding diaryl/α,β-unsaturated/α-hetero) is 1. The number of rotatable bonds is 6. The van der Waals surface area contributed by atoms with E-state index in [2.05, 4.69) is 11.8 Å². The van der Waals surface area contributed by atoms with Crippen LogP contribution < -0.4 is 0 Å². The summed E-state index contributed by atoms with van der Waals surface area (Å²) in [5.41, 5.74) is 0. The summed E-state index contributed by atoms with van der Waals surface area (Å²) >= 11 is 0. The van der Waals surface area contributed by atoms with Gasteiger partial charge in [0.05, 0.1) is 6.54 Å². The Hall–Kier alpha value is -0.370. The van der Waals surface area contributed by atoms with E-state index in [0.717, 1.165) is 19.0 Å². The number of hydrogen-bond acceptors (Lipinski definition) is 2. The second-order valence-electron chi connectivity index (χ2n) is 4.39. The Morgan fingerprint density at radius 2 is 2.08 bits per heavy atom. The van der Waals surface area contributed by atoms with Crippen LogP contribution in [0.15, 0.2) is 0 Å². The van der Waals surface area contributed by atoms with E-state index in [1.807, 2.05) is 13.8 Å². The third-order valence-corrected chi connectivity index (χ3v) is 2.68. The standard InChI is InChI=1S/C11H21NO/c1-4-12(7-10-5-6-10)8-11(13)9(2)3/h9-10H,4-8H2,1-3H3. The van der Waals surface area contributed by atoms with Crippen molar-refractivity contribution in [1.29, 1.82) is 0 Å². The highest BCUT2D eigenvalue weighted by Crippen LogP contribution is 2.29. The first-order valence-electron chi connectivity index (χ1n) is 5.38. The quantitative estimate of drug-likeness (QED) is 0.627. The van der Waals surface area contributed by atoms with Crippen molar-refractivity contribution in [3.63, 3.8) is 0 Å². The van der Waals surface area contributed by atoms with Gasteiger partial charge in [-0.2, -0.15) is 0 Å². The van der Waals surface area contributed by atoms with Gasteiger partial charge in [0, 0.05) is 12.5 Å². The molecule has 1 fully saturated rings. The first-order valence-corrected chi connectivity index (χ1v) is 5.38. The Morgan fingerprint density at radius 1 is 1.46 bits per heavy atom. The van der Waals surface area contributed by atoms with Crippen molar-refractivity contribution < 1.29 is 4.79 Å². The number of ketones is 1. The maximum Gasteiger partial charge on any atom is 0.149 e. The van der Waals surface area contributed by atoms with E-state index >= 15 is 0 Å². The van der Waals surface area contributed by atoms with Crippen LogP contribution >= 0.6 is 0 Å². The van der Waals surface area contributed by atoms with Crippen LogP contribution in [0.4, 0.5) is 0 Å². The molecule has 1 aliphatic rings. The molecule has 0 aromatic heterocycles. The first kappa shape index (κ1) is 10.7. The highest BCUT2D eigenvalue weighted by molar-refractivity contribution is 5.82. The van der Waals surface area contributed by atoms with E-state index in [1.165, 1.54) is 12.8 Å². The molecular formula is C11H21NO. The fraction of sp³-hybridized carbons (Fsp3) is 0.909. The zero-order valence-corrected chi connectivity index (χ0v) is 9.05. The normalized spacial score (nSPS) is 17.0. The minimum atomic E-state index is 0.188. The Kier molecular flexibility index (Phi) is 3.91. The van der Waals surface area contributed by atoms with Crippen LogP contribution in [-0.2, 0) is 4.79 Å². The molecule has 0 unspecified atom stereocenters. The van der Waals surface area contributed by atoms with Crippen LogP contribution in [0.5, 0.6) is 0 Å². The zero-order chi connectivity index (χ0) is 9.84. The summed E-state index contributed by atoms with van der Waals surface area (Å²) in [6.45, 7) is 8.89. The molecule has 0 aromatic rings. The van der Waals surface area contributed by atoms with Crippen LogP contribution in [0.3, 0.4) is 0 Å². The maximum atomic E-state index is 11.5. The van der Waals surface area contributed by atoms with Gasteiger partial charge in [0.25, 0.3) is 0 Å². The molecular weight excluding hydrogens is 162 g/mol. The van der Waals surface area contributed by atoms with Crippen molar-refractivity contribution in [2.24, 2.45) is 11.8 Å². The lowest BCUT2D eigenvalue weighted by Crippen LogP contribution is -2.33. The number of likely N-dealkylation sites (N-methyl/N-ethyl adjacent to an activating group) is 1. The summed E-state index contributed by atoms with van der Waals surface area (Å²) in [5, 5.41) is 0. The van der Waals surface area contributed by atoms with Crippen molar-refractivity contribution >= 4 is 5.78 Å². The van der Waals surface area contributed by atoms with Crippen molar-refractivity contribution in [3.05, 3.63) is 0 Å². The zero-order valence-electron chi connectivity index (χ0n) is 9.05. The van der Waals surface area contributed by atoms with E-state index in [9.17, 15) is 4.79 Å². The summed E-state index contributed by atoms with van der Waals surface area (Å²) in [7, 11) is 0. The van der Waals surface area contributed by atoms with Crippen LogP contribution in [0, 0.1) is 11.8 Å². The minimum Gasteiger partial charge on any atom is -0.298 e. The molecule has 0 atom stereocenters. The summed E-state index contributed by atoms with van der Waals surface area (Å²) in [5.74, 6) is 1.45. The second kappa shape index (κ2) is 4.75. The van der Waals surface area contributed by atoms with Gasteiger partial charge >= 0.3 is 0 Å². The van der Waals surface area contributed by atoms with E-state index in [4.69, 9.17) is 0 Å². The van der Waals surface area contributed by atoms with Crippen LogP contribution in [0.25, 0.3) is 0 Å². The fourth-order valence-electron chi connectivity index (χ4n) is 1.37. The molecule has 0 bridgehead atoms. The van der Waals surface area contributed by atoms with Gasteiger partial charge in [0.15, 0.2) is 0 Å². The lowest BCUT2D eigenvalue weighted by atomic mass is 10.1. The van der Waals surface area contributed by atoms with Gasteiger partial charge in [-0.3, -0.25) is 9.69 Å². The van der Waals surface area contributed by atoms with Crippen LogP contribution in [0.2, 0.25) is 0 Å². The highest BCUT2D eigenvalue weighted by atomic mass is 16.1. The number of nitrogens with zero attached hydrogens (tertiary/aromatic N) is 1. The van der Waals surface area contributed by atoms with Crippen molar-refractivity contribution in [2.45, 2.75) is 33.6 Å². The molecule has 0 aliphatic heterocycles. The van der Waals surface area contributed by atoms with Gasteiger partial charge in [-0.1, -0.05) is 20.8 Å². The number of hydrogen-bond donors (Lipinski definition) is 0. The Labute approximate surface area is 81.3 Å². The van der Waals surface area contributed by atoms with E-state index < -0.39 is 0 Å². The molecule has 0 amide bonds. The predicted octanol–water partition coefficient (Wildman–Crippen LogP) is 1.94. The summed E-state index contributed by atoms with van der Waals surface area (Å²) in [6, 6.07) is 0. The smallest absolute Gasteiger partial charge is 0.149 e. The van der Waals surface area contributed by atoms with Gasteiger partial charge in [-0.15, -0.1) is 0 Å². The minimum absolute atomic E-state index is 0.188. The van der Waals surface area contributed by atoms with Crippen LogP contribution in [0.1, 0.15) is 33.6 Å². The summed E-state index contributed by atoms with van der Waals surface area (Å²) in [4.78, 5) is 13.8. The van der Waals surface area contributed by atoms with Gasteiger partial charge in [0.1, 0.15) is 5.78 Å². The molecule has 1 rings (SSSR count). The Balaban J connectivity index is 2.25. The third kappa shape index (κ3) is 3.90. The average molecular weight is 183 g/mol. The van der Waals surface area contributed by atoms with Gasteiger partial charge in [-0.25, -0.2) is 0 Å². The van der Waals surface area contributed by atoms with E-state index in [1.54, 1.807) is 0 Å². The molecule has 1 aliphatic carbocycles. The molecule has 2 heteroatoms. The van der Waals surface area contributed by atoms with Crippen LogP contribution in [-0.4, -0.2) is 30.3 Å². The first-order chi connectivity index (χ1) is 6.13. The lowest BCUT2D eigenvalue weighted by Gasteiger charge is -2.20. The second-order valence-corrected chi connectivity index (χ2v) is 4.39. The Bertz CT molecular complexity index is 173.